The Morgan fingerprint density at radius 1 is 0.543 bits per heavy atom. The Labute approximate surface area is 226 Å². The molecular weight excluding hydrogens is 556 g/mol. The van der Waals surface area contributed by atoms with E-state index in [9.17, 15) is 0 Å². The van der Waals surface area contributed by atoms with Crippen molar-refractivity contribution in [1.29, 1.82) is 0 Å². The SMILES string of the molecule is CC(C)(C)c1ccc2c(c1)C1(c3cc(C(C)(C)C)ccc3-2)c2ccccc2-c2ccc(Br)c(Br)c21. The van der Waals surface area contributed by atoms with Crippen LogP contribution in [0.4, 0.5) is 0 Å². The molecule has 0 nitrogen and oxygen atoms in total. The van der Waals surface area contributed by atoms with Crippen molar-refractivity contribution < 1.29 is 0 Å². The molecule has 4 aromatic carbocycles. The molecule has 0 heterocycles. The summed E-state index contributed by atoms with van der Waals surface area (Å²) in [5, 5.41) is 0. The van der Waals surface area contributed by atoms with Crippen molar-refractivity contribution in [3.63, 3.8) is 0 Å². The lowest BCUT2D eigenvalue weighted by Gasteiger charge is -2.33. The zero-order valence-corrected chi connectivity index (χ0v) is 24.4. The lowest BCUT2D eigenvalue weighted by molar-refractivity contribution is 0.586. The second kappa shape index (κ2) is 7.43. The quantitative estimate of drug-likeness (QED) is 0.166. The topological polar surface area (TPSA) is 0 Å². The maximum Gasteiger partial charge on any atom is 0.0737 e. The van der Waals surface area contributed by atoms with Crippen LogP contribution in [0.2, 0.25) is 0 Å². The van der Waals surface area contributed by atoms with Crippen LogP contribution in [-0.2, 0) is 16.2 Å². The Morgan fingerprint density at radius 3 is 1.57 bits per heavy atom. The molecule has 6 rings (SSSR count). The van der Waals surface area contributed by atoms with Crippen molar-refractivity contribution in [2.45, 2.75) is 57.8 Å². The number of rotatable bonds is 0. The lowest BCUT2D eigenvalue weighted by atomic mass is 9.69. The minimum atomic E-state index is -0.359. The van der Waals surface area contributed by atoms with E-state index < -0.39 is 0 Å². The van der Waals surface area contributed by atoms with Gasteiger partial charge in [-0.2, -0.15) is 0 Å². The first-order valence-electron chi connectivity index (χ1n) is 12.3. The van der Waals surface area contributed by atoms with Gasteiger partial charge in [-0.3, -0.25) is 0 Å². The fraction of sp³-hybridized carbons (Fsp3) is 0.273. The average molecular weight is 586 g/mol. The summed E-state index contributed by atoms with van der Waals surface area (Å²) in [5.74, 6) is 0. The Morgan fingerprint density at radius 2 is 1.03 bits per heavy atom. The third-order valence-corrected chi connectivity index (χ3v) is 9.98. The normalized spacial score (nSPS) is 15.1. The van der Waals surface area contributed by atoms with E-state index in [-0.39, 0.29) is 16.2 Å². The fourth-order valence-corrected chi connectivity index (χ4v) is 7.11. The first-order valence-corrected chi connectivity index (χ1v) is 13.9. The molecule has 4 aromatic rings. The molecule has 0 unspecified atom stereocenters. The Bertz CT molecular complexity index is 1460. The van der Waals surface area contributed by atoms with Crippen LogP contribution in [0.3, 0.4) is 0 Å². The Hall–Kier alpha value is -2.16. The summed E-state index contributed by atoms with van der Waals surface area (Å²) >= 11 is 7.90. The Balaban J connectivity index is 1.84. The molecule has 176 valence electrons. The van der Waals surface area contributed by atoms with E-state index in [1.165, 1.54) is 55.6 Å². The second-order valence-electron chi connectivity index (χ2n) is 12.1. The van der Waals surface area contributed by atoms with Crippen molar-refractivity contribution >= 4 is 31.9 Å². The van der Waals surface area contributed by atoms with Gasteiger partial charge in [0.2, 0.25) is 0 Å². The standard InChI is InChI=1S/C33H30Br2/c1-31(2,3)19-11-13-22-23-14-12-20(32(4,5)6)18-27(23)33(26(22)17-19)25-10-8-7-9-21(25)24-15-16-28(34)30(35)29(24)33/h7-18H,1-6H3. The number of fused-ring (bicyclic) bond motifs is 10. The molecule has 0 aromatic heterocycles. The van der Waals surface area contributed by atoms with E-state index in [2.05, 4.69) is 146 Å². The summed E-state index contributed by atoms with van der Waals surface area (Å²) in [7, 11) is 0. The van der Waals surface area contributed by atoms with Gasteiger partial charge in [0.05, 0.1) is 5.41 Å². The highest BCUT2D eigenvalue weighted by molar-refractivity contribution is 9.13. The first-order chi connectivity index (χ1) is 16.5. The summed E-state index contributed by atoms with van der Waals surface area (Å²) < 4.78 is 2.24. The van der Waals surface area contributed by atoms with Gasteiger partial charge in [-0.05, 0) is 104 Å². The molecule has 0 N–H and O–H groups in total. The number of halogens is 2. The van der Waals surface area contributed by atoms with Crippen molar-refractivity contribution in [2.75, 3.05) is 0 Å². The van der Waals surface area contributed by atoms with Crippen molar-refractivity contribution in [1.82, 2.24) is 0 Å². The van der Waals surface area contributed by atoms with E-state index in [1.54, 1.807) is 0 Å². The van der Waals surface area contributed by atoms with Gasteiger partial charge in [0, 0.05) is 8.95 Å². The van der Waals surface area contributed by atoms with Crippen LogP contribution in [0, 0.1) is 0 Å². The van der Waals surface area contributed by atoms with Crippen molar-refractivity contribution in [2.24, 2.45) is 0 Å². The lowest BCUT2D eigenvalue weighted by Crippen LogP contribution is -2.28. The van der Waals surface area contributed by atoms with Crippen LogP contribution < -0.4 is 0 Å². The number of hydrogen-bond acceptors (Lipinski definition) is 0. The van der Waals surface area contributed by atoms with Gasteiger partial charge in [-0.15, -0.1) is 0 Å². The smallest absolute Gasteiger partial charge is 0.0619 e. The van der Waals surface area contributed by atoms with Crippen LogP contribution in [0.25, 0.3) is 22.3 Å². The highest BCUT2D eigenvalue weighted by Crippen LogP contribution is 2.65. The largest absolute Gasteiger partial charge is 0.0737 e. The van der Waals surface area contributed by atoms with E-state index >= 15 is 0 Å². The van der Waals surface area contributed by atoms with Gasteiger partial charge in [-0.1, -0.05) is 108 Å². The van der Waals surface area contributed by atoms with Crippen molar-refractivity contribution in [3.05, 3.63) is 115 Å². The minimum absolute atomic E-state index is 0.0665. The van der Waals surface area contributed by atoms with E-state index in [1.807, 2.05) is 0 Å². The molecule has 35 heavy (non-hydrogen) atoms. The molecule has 0 aliphatic heterocycles. The summed E-state index contributed by atoms with van der Waals surface area (Å²) in [5.41, 5.74) is 13.4. The molecule has 2 heteroatoms. The third kappa shape index (κ3) is 3.09. The summed E-state index contributed by atoms with van der Waals surface area (Å²) in [6.07, 6.45) is 0. The molecule has 0 amide bonds. The van der Waals surface area contributed by atoms with Gasteiger partial charge in [0.15, 0.2) is 0 Å². The van der Waals surface area contributed by atoms with Gasteiger partial charge in [-0.25, -0.2) is 0 Å². The molecule has 0 saturated heterocycles. The first kappa shape index (κ1) is 23.3. The van der Waals surface area contributed by atoms with Gasteiger partial charge < -0.3 is 0 Å². The molecule has 0 bridgehead atoms. The predicted molar refractivity (Wildman–Crippen MR) is 156 cm³/mol. The van der Waals surface area contributed by atoms with E-state index in [0.717, 1.165) is 8.95 Å². The average Bonchev–Trinajstić information content (AvgIpc) is 3.27. The van der Waals surface area contributed by atoms with Crippen LogP contribution in [-0.4, -0.2) is 0 Å². The Kier molecular flexibility index (Phi) is 4.94. The number of benzene rings is 4. The summed E-state index contributed by atoms with van der Waals surface area (Å²) in [6, 6.07) is 27.9. The number of hydrogen-bond donors (Lipinski definition) is 0. The van der Waals surface area contributed by atoms with Crippen LogP contribution >= 0.6 is 31.9 Å². The molecule has 2 aliphatic rings. The monoisotopic (exact) mass is 584 g/mol. The van der Waals surface area contributed by atoms with Gasteiger partial charge in [0.25, 0.3) is 0 Å². The zero-order valence-electron chi connectivity index (χ0n) is 21.2. The van der Waals surface area contributed by atoms with Crippen LogP contribution in [0.15, 0.2) is 81.7 Å². The molecule has 2 aliphatic carbocycles. The maximum absolute atomic E-state index is 4.05. The molecule has 0 saturated carbocycles. The zero-order chi connectivity index (χ0) is 24.9. The van der Waals surface area contributed by atoms with Crippen LogP contribution in [0.1, 0.15) is 74.9 Å². The fourth-order valence-electron chi connectivity index (χ4n) is 6.14. The molecule has 0 fully saturated rings. The van der Waals surface area contributed by atoms with Gasteiger partial charge >= 0.3 is 0 Å². The van der Waals surface area contributed by atoms with E-state index in [4.69, 9.17) is 0 Å². The summed E-state index contributed by atoms with van der Waals surface area (Å²) in [4.78, 5) is 0. The van der Waals surface area contributed by atoms with Gasteiger partial charge in [0.1, 0.15) is 0 Å². The minimum Gasteiger partial charge on any atom is -0.0619 e. The molecule has 1 spiro atoms. The third-order valence-electron chi connectivity index (χ3n) is 7.96. The van der Waals surface area contributed by atoms with Crippen molar-refractivity contribution in [3.8, 4) is 22.3 Å². The molecular formula is C33H30Br2. The highest BCUT2D eigenvalue weighted by Gasteiger charge is 2.53. The van der Waals surface area contributed by atoms with E-state index in [0.29, 0.717) is 0 Å². The summed E-state index contributed by atoms with van der Waals surface area (Å²) in [6.45, 7) is 13.9. The van der Waals surface area contributed by atoms with Crippen LogP contribution in [0.5, 0.6) is 0 Å². The molecule has 0 atom stereocenters. The predicted octanol–water partition coefficient (Wildman–Crippen LogP) is 10.2. The maximum atomic E-state index is 4.05. The second-order valence-corrected chi connectivity index (χ2v) is 13.7. The molecule has 0 radical (unpaired) electrons. The highest BCUT2D eigenvalue weighted by atomic mass is 79.9.